The molecule has 0 aromatic rings. The van der Waals surface area contributed by atoms with Crippen LogP contribution >= 0.6 is 0 Å². The summed E-state index contributed by atoms with van der Waals surface area (Å²) in [5, 5.41) is 0. The first-order chi connectivity index (χ1) is 42.9. The highest BCUT2D eigenvalue weighted by molar-refractivity contribution is 5.54. The first-order valence-corrected chi connectivity index (χ1v) is 21.3. The van der Waals surface area contributed by atoms with Gasteiger partial charge in [0.15, 0.2) is 0 Å². The maximum Gasteiger partial charge on any atom is 0 e. The summed E-state index contributed by atoms with van der Waals surface area (Å²) in [6.07, 6.45) is 11.5. The molecule has 0 aromatic heterocycles. The van der Waals surface area contributed by atoms with Crippen molar-refractivity contribution in [2.24, 2.45) is 0 Å². The third-order valence-corrected chi connectivity index (χ3v) is 5.20. The Kier molecular flexibility index (Phi) is 51.5. The van der Waals surface area contributed by atoms with Crippen LogP contribution in [0.3, 0.4) is 0 Å². The average Bonchev–Trinajstić information content (AvgIpc) is 3.52. The van der Waals surface area contributed by atoms with Crippen LogP contribution in [0.1, 0.15) is 0 Å². The molecule has 0 amide bonds. The van der Waals surface area contributed by atoms with Gasteiger partial charge in [-0.05, 0) is 94.7 Å². The van der Waals surface area contributed by atoms with E-state index in [1.807, 2.05) is 5.92 Å². The number of hydrogen-bond acceptors (Lipinski definition) is 0. The van der Waals surface area contributed by atoms with E-state index in [1.54, 1.807) is 0 Å². The van der Waals surface area contributed by atoms with E-state index in [-0.39, 0.29) is 0 Å². The maximum atomic E-state index is 6.58. The highest BCUT2D eigenvalue weighted by Crippen LogP contribution is 1.66. The van der Waals surface area contributed by atoms with Crippen molar-refractivity contribution < 1.29 is 0 Å². The van der Waals surface area contributed by atoms with Crippen molar-refractivity contribution in [1.29, 1.82) is 0 Å². The molecule has 0 radical (unpaired) electrons. The second-order valence-corrected chi connectivity index (χ2v) is 10.5. The molecule has 0 aliphatic carbocycles. The van der Waals surface area contributed by atoms with E-state index in [0.717, 1.165) is 0 Å². The molecule has 0 rings (SSSR count). The first kappa shape index (κ1) is 67.1. The summed E-state index contributed by atoms with van der Waals surface area (Å²) in [6.45, 7) is 0. The molecule has 0 saturated heterocycles. The van der Waals surface area contributed by atoms with Crippen LogP contribution in [0.25, 0.3) is 0 Å². The predicted molar refractivity (Wildman–Crippen MR) is 335 cm³/mol. The maximum absolute atomic E-state index is 6.58. The molecule has 0 unspecified atom stereocenters. The van der Waals surface area contributed by atoms with Crippen LogP contribution < -0.4 is 0 Å². The van der Waals surface area contributed by atoms with Crippen molar-refractivity contribution in [1.82, 2.24) is 0 Å². The Morgan fingerprint density at radius 1 is 0.0930 bits per heavy atom. The van der Waals surface area contributed by atoms with E-state index in [1.165, 1.54) is 0 Å². The van der Waals surface area contributed by atoms with Crippen molar-refractivity contribution in [3.05, 3.63) is 6.42 Å². The topological polar surface area (TPSA) is 0 Å². The van der Waals surface area contributed by atoms with Crippen LogP contribution in [0, 0.1) is 510 Å². The SMILES string of the molecule is [C-]#CC#CC#CC#CC#CC#CC#CC#CC#CC#CC#CC#CC#CC#CC#CC#CC#CC#CC#CC#CC#CC#CC#CC#CC#CC#CC#CC#CC#CC#CC#CC#CC#CC#CC#CC#CC#CC#CC#CC#CC#CC#CC#C. The van der Waals surface area contributed by atoms with Crippen LogP contribution in [-0.4, -0.2) is 0 Å². The van der Waals surface area contributed by atoms with Crippen molar-refractivity contribution in [3.8, 4) is 504 Å². The molecular formula is C86H-. The molecule has 86 heavy (non-hydrogen) atoms. The molecule has 0 aromatic carbocycles. The second-order valence-electron chi connectivity index (χ2n) is 10.5. The Hall–Kier alpha value is -18.9. The summed E-state index contributed by atoms with van der Waals surface area (Å²) < 4.78 is 0. The van der Waals surface area contributed by atoms with Gasteiger partial charge in [-0.2, -0.15) is 0 Å². The van der Waals surface area contributed by atoms with Gasteiger partial charge in [-0.1, -0.05) is 0 Å². The van der Waals surface area contributed by atoms with Crippen LogP contribution in [-0.2, 0) is 0 Å². The van der Waals surface area contributed by atoms with E-state index >= 15 is 0 Å². The Morgan fingerprint density at radius 2 is 0.151 bits per heavy atom. The van der Waals surface area contributed by atoms with Crippen LogP contribution in [0.5, 0.6) is 0 Å². The molecule has 0 bridgehead atoms. The van der Waals surface area contributed by atoms with Gasteiger partial charge < -0.3 is 6.42 Å². The fourth-order valence-corrected chi connectivity index (χ4v) is 2.57. The predicted octanol–water partition coefficient (Wildman–Crippen LogP) is 0.349. The fourth-order valence-electron chi connectivity index (χ4n) is 2.57. The Bertz CT molecular complexity index is 5550. The molecule has 0 spiro atoms. The molecule has 0 saturated carbocycles. The quantitative estimate of drug-likeness (QED) is 0.243. The largest absolute Gasteiger partial charge is 0.358 e. The minimum absolute atomic E-state index is 1.87. The molecule has 346 valence electrons. The van der Waals surface area contributed by atoms with Gasteiger partial charge in [0.25, 0.3) is 0 Å². The molecule has 0 heteroatoms. The lowest BCUT2D eigenvalue weighted by Gasteiger charge is -1.63. The summed E-state index contributed by atoms with van der Waals surface area (Å²) in [5.41, 5.74) is 0. The van der Waals surface area contributed by atoms with Gasteiger partial charge in [-0.3, -0.25) is 5.92 Å². The minimum Gasteiger partial charge on any atom is -0.358 e. The molecule has 0 fully saturated rings. The van der Waals surface area contributed by atoms with E-state index in [4.69, 9.17) is 12.8 Å². The van der Waals surface area contributed by atoms with E-state index in [2.05, 4.69) is 491 Å². The van der Waals surface area contributed by atoms with Crippen molar-refractivity contribution in [3.63, 3.8) is 0 Å². The summed E-state index contributed by atoms with van der Waals surface area (Å²) in [4.78, 5) is 0. The Morgan fingerprint density at radius 3 is 0.209 bits per heavy atom. The molecule has 0 aliphatic heterocycles. The van der Waals surface area contributed by atoms with Gasteiger partial charge in [-0.25, -0.2) is 5.92 Å². The lowest BCUT2D eigenvalue weighted by Crippen LogP contribution is -1.57. The number of terminal acetylenes is 1. The summed E-state index contributed by atoms with van der Waals surface area (Å²) >= 11 is 0. The summed E-state index contributed by atoms with van der Waals surface area (Å²) in [5.74, 6) is 207. The average molecular weight is 1030 g/mol. The molecule has 0 nitrogen and oxygen atoms in total. The van der Waals surface area contributed by atoms with Gasteiger partial charge in [0.2, 0.25) is 0 Å². The fraction of sp³-hybridized carbons (Fsp3) is 0. The molecule has 0 N–H and O–H groups in total. The van der Waals surface area contributed by atoms with E-state index < -0.39 is 0 Å². The lowest BCUT2D eigenvalue weighted by atomic mass is 10.4. The van der Waals surface area contributed by atoms with E-state index in [9.17, 15) is 0 Å². The summed E-state index contributed by atoms with van der Waals surface area (Å²) in [6, 6.07) is 0. The van der Waals surface area contributed by atoms with Gasteiger partial charge in [-0.15, -0.1) is 12.3 Å². The van der Waals surface area contributed by atoms with Crippen molar-refractivity contribution in [2.45, 2.75) is 0 Å². The van der Waals surface area contributed by atoms with Crippen molar-refractivity contribution >= 4 is 0 Å². The monoisotopic (exact) mass is 1030 g/mol. The first-order valence-electron chi connectivity index (χ1n) is 21.3. The van der Waals surface area contributed by atoms with Crippen molar-refractivity contribution in [2.75, 3.05) is 0 Å². The third kappa shape index (κ3) is 65.1. The summed E-state index contributed by atoms with van der Waals surface area (Å²) in [7, 11) is 0. The highest BCUT2D eigenvalue weighted by atomic mass is 13.7. The van der Waals surface area contributed by atoms with Gasteiger partial charge in [0.1, 0.15) is 0 Å². The Balaban J connectivity index is 4.62. The van der Waals surface area contributed by atoms with Gasteiger partial charge >= 0.3 is 0 Å². The van der Waals surface area contributed by atoms with Crippen LogP contribution in [0.2, 0.25) is 0 Å². The Labute approximate surface area is 507 Å². The molecule has 0 aliphatic rings. The molecular weight excluding hydrogens is 1030 g/mol. The third-order valence-electron chi connectivity index (χ3n) is 5.20. The highest BCUT2D eigenvalue weighted by Gasteiger charge is 1.65. The smallest absolute Gasteiger partial charge is 0 e. The lowest BCUT2D eigenvalue weighted by molar-refractivity contribution is 2.31. The number of hydrogen-bond donors (Lipinski definition) is 0. The van der Waals surface area contributed by atoms with E-state index in [0.29, 0.717) is 0 Å². The minimum atomic E-state index is 1.87. The zero-order chi connectivity index (χ0) is 61.4. The van der Waals surface area contributed by atoms with Gasteiger partial charge in [0, 0.05) is 385 Å². The second kappa shape index (κ2) is 66.1. The molecule has 0 heterocycles. The molecule has 0 atom stereocenters. The van der Waals surface area contributed by atoms with Crippen LogP contribution in [0.15, 0.2) is 0 Å². The van der Waals surface area contributed by atoms with Gasteiger partial charge in [0.05, 0.1) is 0 Å². The van der Waals surface area contributed by atoms with Crippen LogP contribution in [0.4, 0.5) is 0 Å². The standard InChI is InChI=1S/C86H/c1-3-5-7-9-11-13-15-17-19-21-23-25-27-29-31-33-35-37-39-41-43-45-47-49-51-53-55-57-59-61-63-65-67-69-71-73-75-77-79-81-83-85-86-84-82-80-78-76-74-72-70-68-66-64-62-60-58-56-54-52-50-48-46-44-42-40-38-36-34-32-30-28-26-24-22-20-18-16-14-12-10-8-6-4-2/h1H/q-1. The normalized spacial score (nSPS) is 3.93. The zero-order valence-corrected chi connectivity index (χ0v) is 43.1. The zero-order valence-electron chi connectivity index (χ0n) is 43.1. The number of rotatable bonds is 0.